The second kappa shape index (κ2) is 8.75. The van der Waals surface area contributed by atoms with Crippen molar-refractivity contribution in [3.8, 4) is 0 Å². The highest BCUT2D eigenvalue weighted by Gasteiger charge is 2.16. The number of halogens is 2. The average molecular weight is 319 g/mol. The topological polar surface area (TPSA) is 35.2 Å². The fourth-order valence-electron chi connectivity index (χ4n) is 2.43. The molecule has 4 heteroatoms. The van der Waals surface area contributed by atoms with Crippen molar-refractivity contribution in [1.82, 2.24) is 0 Å². The molecule has 0 aliphatic carbocycles. The molecule has 0 saturated carbocycles. The summed E-state index contributed by atoms with van der Waals surface area (Å²) in [6.07, 6.45) is 2.66. The molecular formula is C19H23F2NO. The van der Waals surface area contributed by atoms with Gasteiger partial charge in [-0.15, -0.1) is 0 Å². The molecular weight excluding hydrogens is 296 g/mol. The molecule has 124 valence electrons. The van der Waals surface area contributed by atoms with Gasteiger partial charge < -0.3 is 10.5 Å². The summed E-state index contributed by atoms with van der Waals surface area (Å²) in [6, 6.07) is 12.3. The van der Waals surface area contributed by atoms with E-state index in [-0.39, 0.29) is 23.8 Å². The molecule has 0 fully saturated rings. The van der Waals surface area contributed by atoms with Gasteiger partial charge in [-0.25, -0.2) is 8.78 Å². The second-order valence-corrected chi connectivity index (χ2v) is 5.72. The quantitative estimate of drug-likeness (QED) is 0.772. The zero-order valence-electron chi connectivity index (χ0n) is 13.3. The Morgan fingerprint density at radius 3 is 1.83 bits per heavy atom. The lowest BCUT2D eigenvalue weighted by Crippen LogP contribution is -2.27. The average Bonchev–Trinajstić information content (AvgIpc) is 2.56. The zero-order valence-corrected chi connectivity index (χ0v) is 13.3. The molecule has 0 aromatic heterocycles. The normalized spacial score (nSPS) is 12.6. The van der Waals surface area contributed by atoms with E-state index in [4.69, 9.17) is 10.5 Å². The minimum absolute atomic E-state index is 0.0432. The van der Waals surface area contributed by atoms with Crippen molar-refractivity contribution in [1.29, 1.82) is 0 Å². The first kappa shape index (κ1) is 17.6. The van der Waals surface area contributed by atoms with Gasteiger partial charge in [0.05, 0.1) is 6.61 Å². The fraction of sp³-hybridized carbons (Fsp3) is 0.368. The molecule has 1 atom stereocenters. The number of rotatable bonds is 8. The number of unbranched alkanes of at least 4 members (excludes halogenated alkanes) is 1. The molecule has 2 rings (SSSR count). The molecule has 0 heterocycles. The monoisotopic (exact) mass is 319 g/mol. The van der Waals surface area contributed by atoms with Crippen LogP contribution in [0.25, 0.3) is 0 Å². The third-order valence-corrected chi connectivity index (χ3v) is 3.75. The van der Waals surface area contributed by atoms with Crippen LogP contribution in [-0.4, -0.2) is 12.6 Å². The van der Waals surface area contributed by atoms with Crippen molar-refractivity contribution >= 4 is 0 Å². The van der Waals surface area contributed by atoms with Crippen LogP contribution in [0.4, 0.5) is 8.78 Å². The van der Waals surface area contributed by atoms with Crippen molar-refractivity contribution < 1.29 is 13.5 Å². The Morgan fingerprint density at radius 2 is 1.39 bits per heavy atom. The van der Waals surface area contributed by atoms with Crippen molar-refractivity contribution in [3.63, 3.8) is 0 Å². The van der Waals surface area contributed by atoms with E-state index in [1.165, 1.54) is 24.3 Å². The number of hydrogen-bond donors (Lipinski definition) is 1. The number of hydrogen-bond acceptors (Lipinski definition) is 2. The van der Waals surface area contributed by atoms with Crippen molar-refractivity contribution in [2.75, 3.05) is 6.61 Å². The predicted molar refractivity (Wildman–Crippen MR) is 88.1 cm³/mol. The first-order valence-electron chi connectivity index (χ1n) is 7.98. The molecule has 2 aromatic carbocycles. The molecule has 2 nitrogen and oxygen atoms in total. The Kier molecular flexibility index (Phi) is 6.68. The van der Waals surface area contributed by atoms with Gasteiger partial charge in [-0.3, -0.25) is 0 Å². The number of ether oxygens (including phenoxy) is 1. The Morgan fingerprint density at radius 1 is 0.913 bits per heavy atom. The van der Waals surface area contributed by atoms with Gasteiger partial charge in [-0.05, 0) is 41.8 Å². The minimum Gasteiger partial charge on any atom is -0.367 e. The van der Waals surface area contributed by atoms with Crippen LogP contribution in [0.5, 0.6) is 0 Å². The molecule has 0 bridgehead atoms. The van der Waals surface area contributed by atoms with Gasteiger partial charge in [-0.2, -0.15) is 0 Å². The van der Waals surface area contributed by atoms with Gasteiger partial charge in [0, 0.05) is 6.04 Å². The lowest BCUT2D eigenvalue weighted by Gasteiger charge is -2.21. The van der Waals surface area contributed by atoms with Crippen LogP contribution in [0.2, 0.25) is 0 Å². The van der Waals surface area contributed by atoms with E-state index >= 15 is 0 Å². The maximum Gasteiger partial charge on any atom is 0.123 e. The summed E-state index contributed by atoms with van der Waals surface area (Å²) < 4.78 is 32.3. The highest BCUT2D eigenvalue weighted by molar-refractivity contribution is 5.30. The highest BCUT2D eigenvalue weighted by Crippen LogP contribution is 2.26. The molecule has 0 amide bonds. The van der Waals surface area contributed by atoms with E-state index in [2.05, 4.69) is 6.92 Å². The van der Waals surface area contributed by atoms with Crippen molar-refractivity contribution in [2.24, 2.45) is 5.73 Å². The van der Waals surface area contributed by atoms with E-state index in [1.807, 2.05) is 0 Å². The Hall–Kier alpha value is -1.78. The number of benzene rings is 2. The smallest absolute Gasteiger partial charge is 0.123 e. The largest absolute Gasteiger partial charge is 0.367 e. The summed E-state index contributed by atoms with van der Waals surface area (Å²) in [6.45, 7) is 2.52. The van der Waals surface area contributed by atoms with Gasteiger partial charge in [0.2, 0.25) is 0 Å². The maximum atomic E-state index is 13.1. The van der Waals surface area contributed by atoms with Crippen molar-refractivity contribution in [2.45, 2.75) is 38.3 Å². The minimum atomic E-state index is -0.385. The first-order chi connectivity index (χ1) is 11.1. The molecule has 2 N–H and O–H groups in total. The van der Waals surface area contributed by atoms with E-state index in [9.17, 15) is 8.78 Å². The predicted octanol–water partition coefficient (Wildman–Crippen LogP) is 4.59. The van der Waals surface area contributed by atoms with Crippen LogP contribution < -0.4 is 5.73 Å². The van der Waals surface area contributed by atoms with Gasteiger partial charge >= 0.3 is 0 Å². The van der Waals surface area contributed by atoms with Crippen LogP contribution in [-0.2, 0) is 4.74 Å². The molecule has 23 heavy (non-hydrogen) atoms. The fourth-order valence-corrected chi connectivity index (χ4v) is 2.43. The maximum absolute atomic E-state index is 13.1. The molecule has 2 aromatic rings. The lowest BCUT2D eigenvalue weighted by atomic mass is 10.0. The van der Waals surface area contributed by atoms with E-state index in [0.29, 0.717) is 6.61 Å². The summed E-state index contributed by atoms with van der Waals surface area (Å²) in [5.74, 6) is -0.600. The second-order valence-electron chi connectivity index (χ2n) is 5.72. The third-order valence-electron chi connectivity index (χ3n) is 3.75. The SMILES string of the molecule is CCCCC(N)COC(c1ccc(F)cc1)c1ccc(F)cc1. The summed E-state index contributed by atoms with van der Waals surface area (Å²) >= 11 is 0. The molecule has 0 aliphatic rings. The van der Waals surface area contributed by atoms with Crippen LogP contribution in [0.3, 0.4) is 0 Å². The van der Waals surface area contributed by atoms with Gasteiger partial charge in [0.1, 0.15) is 17.7 Å². The van der Waals surface area contributed by atoms with Gasteiger partial charge in [-0.1, -0.05) is 44.0 Å². The Labute approximate surface area is 136 Å². The Bertz CT molecular complexity index is 538. The molecule has 0 saturated heterocycles. The van der Waals surface area contributed by atoms with E-state index in [0.717, 1.165) is 30.4 Å². The van der Waals surface area contributed by atoms with E-state index < -0.39 is 0 Å². The van der Waals surface area contributed by atoms with Crippen LogP contribution in [0.15, 0.2) is 48.5 Å². The lowest BCUT2D eigenvalue weighted by molar-refractivity contribution is 0.0675. The summed E-state index contributed by atoms with van der Waals surface area (Å²) in [4.78, 5) is 0. The first-order valence-corrected chi connectivity index (χ1v) is 7.98. The molecule has 0 aliphatic heterocycles. The van der Waals surface area contributed by atoms with Crippen molar-refractivity contribution in [3.05, 3.63) is 71.3 Å². The zero-order chi connectivity index (χ0) is 16.7. The summed E-state index contributed by atoms with van der Waals surface area (Å²) in [7, 11) is 0. The molecule has 1 unspecified atom stereocenters. The van der Waals surface area contributed by atoms with Gasteiger partial charge in [0.15, 0.2) is 0 Å². The molecule has 0 radical (unpaired) electrons. The highest BCUT2D eigenvalue weighted by atomic mass is 19.1. The van der Waals surface area contributed by atoms with Crippen LogP contribution in [0, 0.1) is 11.6 Å². The van der Waals surface area contributed by atoms with Gasteiger partial charge in [0.25, 0.3) is 0 Å². The van der Waals surface area contributed by atoms with Crippen LogP contribution >= 0.6 is 0 Å². The third kappa shape index (κ3) is 5.41. The molecule has 0 spiro atoms. The summed E-state index contributed by atoms with van der Waals surface area (Å²) in [5.41, 5.74) is 7.71. The summed E-state index contributed by atoms with van der Waals surface area (Å²) in [5, 5.41) is 0. The van der Waals surface area contributed by atoms with Crippen LogP contribution in [0.1, 0.15) is 43.4 Å². The van der Waals surface area contributed by atoms with E-state index in [1.54, 1.807) is 24.3 Å². The standard InChI is InChI=1S/C19H23F2NO/c1-2-3-4-18(22)13-23-19(14-5-9-16(20)10-6-14)15-7-11-17(21)12-8-15/h5-12,18-19H,2-4,13,22H2,1H3. The number of nitrogens with two attached hydrogens (primary N) is 1. The Balaban J connectivity index is 2.14.